The second kappa shape index (κ2) is 6.58. The molecule has 0 aromatic carbocycles. The Hall–Kier alpha value is -1.31. The predicted molar refractivity (Wildman–Crippen MR) is 82.6 cm³/mol. The molecule has 1 aliphatic carbocycles. The van der Waals surface area contributed by atoms with Gasteiger partial charge in [-0.1, -0.05) is 53.7 Å². The van der Waals surface area contributed by atoms with E-state index in [2.05, 4.69) is 50.9 Å². The molecule has 0 unspecified atom stereocenters. The third kappa shape index (κ3) is 3.12. The van der Waals surface area contributed by atoms with Crippen molar-refractivity contribution in [3.8, 4) is 0 Å². The summed E-state index contributed by atoms with van der Waals surface area (Å²) in [5.74, 6) is 2.07. The lowest BCUT2D eigenvalue weighted by Crippen LogP contribution is -1.96. The molecule has 1 aromatic heterocycles. The highest BCUT2D eigenvalue weighted by Crippen LogP contribution is 2.29. The molecule has 0 atom stereocenters. The van der Waals surface area contributed by atoms with Gasteiger partial charge in [-0.15, -0.1) is 0 Å². The second-order valence-corrected chi connectivity index (χ2v) is 4.99. The molecule has 0 aliphatic heterocycles. The van der Waals surface area contributed by atoms with Crippen LogP contribution in [0.2, 0.25) is 0 Å². The zero-order valence-electron chi connectivity index (χ0n) is 12.5. The molecule has 1 N–H and O–H groups in total. The highest BCUT2D eigenvalue weighted by Gasteiger charge is 2.17. The predicted octanol–water partition coefficient (Wildman–Crippen LogP) is 5.26. The number of rotatable bonds is 2. The Morgan fingerprint density at radius 2 is 1.83 bits per heavy atom. The first-order valence-corrected chi connectivity index (χ1v) is 7.06. The summed E-state index contributed by atoms with van der Waals surface area (Å²) in [6, 6.07) is 0. The van der Waals surface area contributed by atoms with Crippen molar-refractivity contribution in [2.24, 2.45) is 5.92 Å². The van der Waals surface area contributed by atoms with Crippen LogP contribution >= 0.6 is 0 Å². The van der Waals surface area contributed by atoms with Crippen LogP contribution < -0.4 is 0 Å². The number of hydrogen-bond donors (Lipinski definition) is 1. The van der Waals surface area contributed by atoms with Gasteiger partial charge in [0.2, 0.25) is 0 Å². The Balaban J connectivity index is 0.00000103. The highest BCUT2D eigenvalue weighted by molar-refractivity contribution is 5.73. The molecule has 1 aromatic rings. The van der Waals surface area contributed by atoms with Crippen molar-refractivity contribution in [2.75, 3.05) is 0 Å². The zero-order chi connectivity index (χ0) is 13.7. The van der Waals surface area contributed by atoms with Crippen LogP contribution in [0.1, 0.15) is 72.5 Å². The maximum Gasteiger partial charge on any atom is 0.109 e. The number of aromatic nitrogens is 2. The average Bonchev–Trinajstić information content (AvgIpc) is 2.66. The monoisotopic (exact) mass is 248 g/mol. The van der Waals surface area contributed by atoms with E-state index in [-0.39, 0.29) is 1.43 Å². The van der Waals surface area contributed by atoms with Gasteiger partial charge in [0.25, 0.3) is 0 Å². The standard InChI is InChI=1S/C14H20N2.C2H6.H2/c1-9(2)11-7-5-6-8-12-13(11)16-14(15-12)10(3)4;1-2;/h6-10H,5H2,1-4H3,(H,15,16);1-2H3;1H. The Kier molecular flexibility index (Phi) is 5.39. The van der Waals surface area contributed by atoms with Crippen LogP contribution in [0.5, 0.6) is 0 Å². The number of H-pyrrole nitrogens is 1. The molecule has 0 bridgehead atoms. The summed E-state index contributed by atoms with van der Waals surface area (Å²) in [6.45, 7) is 12.8. The fourth-order valence-corrected chi connectivity index (χ4v) is 2.01. The summed E-state index contributed by atoms with van der Waals surface area (Å²) in [7, 11) is 0. The third-order valence-corrected chi connectivity index (χ3v) is 2.95. The number of imidazole rings is 1. The van der Waals surface area contributed by atoms with Crippen molar-refractivity contribution >= 4 is 11.6 Å². The Morgan fingerprint density at radius 1 is 1.17 bits per heavy atom. The van der Waals surface area contributed by atoms with Gasteiger partial charge in [-0.2, -0.15) is 0 Å². The van der Waals surface area contributed by atoms with Crippen molar-refractivity contribution in [2.45, 2.75) is 53.9 Å². The van der Waals surface area contributed by atoms with Crippen LogP contribution in [0.15, 0.2) is 12.2 Å². The first-order valence-electron chi connectivity index (χ1n) is 7.06. The first-order chi connectivity index (χ1) is 8.59. The minimum Gasteiger partial charge on any atom is -0.342 e. The number of hydrogen-bond acceptors (Lipinski definition) is 1. The third-order valence-electron chi connectivity index (χ3n) is 2.95. The van der Waals surface area contributed by atoms with Crippen molar-refractivity contribution < 1.29 is 1.43 Å². The van der Waals surface area contributed by atoms with Crippen molar-refractivity contribution in [3.05, 3.63) is 29.4 Å². The van der Waals surface area contributed by atoms with Crippen LogP contribution in [0, 0.1) is 5.92 Å². The molecule has 1 heterocycles. The summed E-state index contributed by atoms with van der Waals surface area (Å²) in [6.07, 6.45) is 7.64. The van der Waals surface area contributed by atoms with Crippen LogP contribution in [0.4, 0.5) is 0 Å². The number of nitrogens with zero attached hydrogens (tertiary/aromatic N) is 1. The van der Waals surface area contributed by atoms with Crippen molar-refractivity contribution in [1.29, 1.82) is 0 Å². The first kappa shape index (κ1) is 14.7. The van der Waals surface area contributed by atoms with E-state index < -0.39 is 0 Å². The van der Waals surface area contributed by atoms with E-state index in [9.17, 15) is 0 Å². The largest absolute Gasteiger partial charge is 0.342 e. The minimum absolute atomic E-state index is 0. The Labute approximate surface area is 113 Å². The van der Waals surface area contributed by atoms with E-state index >= 15 is 0 Å². The SMILES string of the molecule is CC.CC(C)C1=CCC=Cc2[nH]c(C(C)C)nc21.[HH]. The molecule has 0 radical (unpaired) electrons. The molecule has 1 aliphatic rings. The van der Waals surface area contributed by atoms with Gasteiger partial charge in [0, 0.05) is 7.34 Å². The molecule has 0 spiro atoms. The Bertz CT molecular complexity index is 440. The molecule has 0 saturated carbocycles. The van der Waals surface area contributed by atoms with Crippen LogP contribution in [-0.4, -0.2) is 9.97 Å². The fraction of sp³-hybridized carbons (Fsp3) is 0.562. The number of nitrogens with one attached hydrogen (secondary N) is 1. The maximum absolute atomic E-state index is 4.74. The normalized spacial score (nSPS) is 13.9. The van der Waals surface area contributed by atoms with Gasteiger partial charge in [0.05, 0.1) is 11.4 Å². The lowest BCUT2D eigenvalue weighted by Gasteiger charge is -2.08. The van der Waals surface area contributed by atoms with Gasteiger partial charge in [-0.3, -0.25) is 0 Å². The van der Waals surface area contributed by atoms with Crippen molar-refractivity contribution in [3.63, 3.8) is 0 Å². The minimum atomic E-state index is 0. The summed E-state index contributed by atoms with van der Waals surface area (Å²) < 4.78 is 0. The number of allylic oxidation sites excluding steroid dienone is 3. The van der Waals surface area contributed by atoms with Crippen molar-refractivity contribution in [1.82, 2.24) is 9.97 Å². The van der Waals surface area contributed by atoms with Crippen LogP contribution in [0.3, 0.4) is 0 Å². The molecular weight excluding hydrogens is 220 g/mol. The summed E-state index contributed by atoms with van der Waals surface area (Å²) >= 11 is 0. The summed E-state index contributed by atoms with van der Waals surface area (Å²) in [5.41, 5.74) is 3.68. The molecule has 0 fully saturated rings. The van der Waals surface area contributed by atoms with Gasteiger partial charge < -0.3 is 4.98 Å². The lowest BCUT2D eigenvalue weighted by atomic mass is 9.99. The summed E-state index contributed by atoms with van der Waals surface area (Å²) in [4.78, 5) is 8.16. The Morgan fingerprint density at radius 3 is 2.39 bits per heavy atom. The molecule has 2 rings (SSSR count). The van der Waals surface area contributed by atoms with Gasteiger partial charge >= 0.3 is 0 Å². The molecule has 2 nitrogen and oxygen atoms in total. The van der Waals surface area contributed by atoms with Crippen LogP contribution in [0.25, 0.3) is 11.6 Å². The summed E-state index contributed by atoms with van der Waals surface area (Å²) in [5, 5.41) is 0. The van der Waals surface area contributed by atoms with Gasteiger partial charge in [-0.25, -0.2) is 4.98 Å². The van der Waals surface area contributed by atoms with E-state index in [1.807, 2.05) is 13.8 Å². The van der Waals surface area contributed by atoms with E-state index in [4.69, 9.17) is 4.98 Å². The smallest absolute Gasteiger partial charge is 0.109 e. The molecule has 0 amide bonds. The number of fused-ring (bicyclic) bond motifs is 1. The lowest BCUT2D eigenvalue weighted by molar-refractivity contribution is 0.789. The van der Waals surface area contributed by atoms with E-state index in [1.54, 1.807) is 0 Å². The van der Waals surface area contributed by atoms with Gasteiger partial charge in [0.15, 0.2) is 0 Å². The van der Waals surface area contributed by atoms with E-state index in [0.717, 1.165) is 17.9 Å². The van der Waals surface area contributed by atoms with Gasteiger partial charge in [0.1, 0.15) is 5.82 Å². The molecular formula is C16H28N2. The van der Waals surface area contributed by atoms with Gasteiger partial charge in [-0.05, 0) is 24.0 Å². The molecule has 2 heteroatoms. The highest BCUT2D eigenvalue weighted by atomic mass is 14.9. The number of aromatic amines is 1. The van der Waals surface area contributed by atoms with Crippen LogP contribution in [-0.2, 0) is 0 Å². The second-order valence-electron chi connectivity index (χ2n) is 4.99. The quantitative estimate of drug-likeness (QED) is 0.759. The molecule has 102 valence electrons. The topological polar surface area (TPSA) is 28.7 Å². The maximum atomic E-state index is 4.74. The molecule has 0 saturated heterocycles. The zero-order valence-corrected chi connectivity index (χ0v) is 12.5. The van der Waals surface area contributed by atoms with E-state index in [0.29, 0.717) is 11.8 Å². The average molecular weight is 248 g/mol. The fourth-order valence-electron chi connectivity index (χ4n) is 2.01. The van der Waals surface area contributed by atoms with E-state index in [1.165, 1.54) is 11.3 Å². The molecule has 18 heavy (non-hydrogen) atoms.